The number of amides is 1. The molecule has 0 saturated carbocycles. The molecule has 2 rings (SSSR count). The zero-order chi connectivity index (χ0) is 19.3. The number of ether oxygens (including phenoxy) is 2. The summed E-state index contributed by atoms with van der Waals surface area (Å²) in [5.74, 6) is 1.17. The van der Waals surface area contributed by atoms with Gasteiger partial charge in [-0.25, -0.2) is 4.98 Å². The molecule has 1 aromatic heterocycles. The first-order valence-corrected chi connectivity index (χ1v) is 9.55. The number of nitrogens with zero attached hydrogens (tertiary/aromatic N) is 2. The summed E-state index contributed by atoms with van der Waals surface area (Å²) in [4.78, 5) is 20.4. The molecule has 2 heterocycles. The number of hydrogen-bond acceptors (Lipinski definition) is 5. The van der Waals surface area contributed by atoms with E-state index in [2.05, 4.69) is 25.9 Å². The van der Waals surface area contributed by atoms with E-state index in [-0.39, 0.29) is 12.0 Å². The number of aliphatic imine (C=N–C) groups is 1. The van der Waals surface area contributed by atoms with Crippen molar-refractivity contribution in [1.29, 1.82) is 0 Å². The lowest BCUT2D eigenvalue weighted by molar-refractivity contribution is -0.116. The van der Waals surface area contributed by atoms with Crippen molar-refractivity contribution in [1.82, 2.24) is 15.6 Å². The zero-order valence-electron chi connectivity index (χ0n) is 16.3. The number of nitrogens with one attached hydrogen (secondary N) is 3. The van der Waals surface area contributed by atoms with Gasteiger partial charge < -0.3 is 25.4 Å². The van der Waals surface area contributed by atoms with E-state index in [9.17, 15) is 4.79 Å². The smallest absolute Gasteiger partial charge is 0.227 e. The van der Waals surface area contributed by atoms with Crippen LogP contribution in [0.5, 0.6) is 0 Å². The summed E-state index contributed by atoms with van der Waals surface area (Å²) in [7, 11) is 1.71. The molecule has 8 nitrogen and oxygen atoms in total. The second-order valence-electron chi connectivity index (χ2n) is 6.45. The lowest BCUT2D eigenvalue weighted by Gasteiger charge is -2.13. The number of pyridine rings is 1. The molecule has 0 aromatic carbocycles. The Morgan fingerprint density at radius 1 is 1.37 bits per heavy atom. The third-order valence-corrected chi connectivity index (χ3v) is 4.11. The molecule has 27 heavy (non-hydrogen) atoms. The highest BCUT2D eigenvalue weighted by Gasteiger charge is 2.14. The van der Waals surface area contributed by atoms with Crippen LogP contribution in [0.2, 0.25) is 0 Å². The third-order valence-electron chi connectivity index (χ3n) is 4.11. The van der Waals surface area contributed by atoms with Crippen LogP contribution in [-0.4, -0.2) is 62.9 Å². The van der Waals surface area contributed by atoms with E-state index < -0.39 is 0 Å². The maximum atomic E-state index is 12.0. The maximum Gasteiger partial charge on any atom is 0.227 e. The fraction of sp³-hybridized carbons (Fsp3) is 0.632. The van der Waals surface area contributed by atoms with Crippen molar-refractivity contribution in [3.05, 3.63) is 23.9 Å². The predicted octanol–water partition coefficient (Wildman–Crippen LogP) is 1.47. The van der Waals surface area contributed by atoms with Crippen LogP contribution >= 0.6 is 0 Å². The highest BCUT2D eigenvalue weighted by Crippen LogP contribution is 2.11. The Morgan fingerprint density at radius 2 is 2.22 bits per heavy atom. The Hall–Kier alpha value is -2.19. The van der Waals surface area contributed by atoms with Crippen molar-refractivity contribution in [2.24, 2.45) is 4.99 Å². The Bertz CT molecular complexity index is 603. The van der Waals surface area contributed by atoms with Gasteiger partial charge in [0.25, 0.3) is 0 Å². The minimum atomic E-state index is -0.0846. The van der Waals surface area contributed by atoms with Crippen molar-refractivity contribution < 1.29 is 14.3 Å². The first-order chi connectivity index (χ1) is 13.2. The van der Waals surface area contributed by atoms with Gasteiger partial charge in [-0.1, -0.05) is 6.07 Å². The molecule has 1 aliphatic heterocycles. The van der Waals surface area contributed by atoms with Gasteiger partial charge in [-0.2, -0.15) is 0 Å². The zero-order valence-corrected chi connectivity index (χ0v) is 16.3. The number of aryl methyl sites for hydroxylation is 1. The summed E-state index contributed by atoms with van der Waals surface area (Å²) in [5.41, 5.74) is 0.871. The molecule has 1 atom stereocenters. The quantitative estimate of drug-likeness (QED) is 0.325. The van der Waals surface area contributed by atoms with E-state index in [4.69, 9.17) is 9.47 Å². The molecule has 1 saturated heterocycles. The van der Waals surface area contributed by atoms with Crippen LogP contribution < -0.4 is 16.0 Å². The lowest BCUT2D eigenvalue weighted by atomic mass is 10.2. The van der Waals surface area contributed by atoms with Crippen LogP contribution in [-0.2, 0) is 14.3 Å². The SMILES string of the molecule is CN=C(NCCCOCC1CCCO1)NCCC(=O)Nc1cccc(C)n1. The van der Waals surface area contributed by atoms with Gasteiger partial charge in [-0.05, 0) is 38.3 Å². The molecule has 1 aromatic rings. The van der Waals surface area contributed by atoms with Gasteiger partial charge in [-0.3, -0.25) is 9.79 Å². The molecule has 8 heteroatoms. The average molecular weight is 377 g/mol. The Balaban J connectivity index is 1.51. The number of hydrogen-bond donors (Lipinski definition) is 3. The van der Waals surface area contributed by atoms with E-state index in [1.807, 2.05) is 19.1 Å². The van der Waals surface area contributed by atoms with Crippen LogP contribution in [0, 0.1) is 6.92 Å². The Morgan fingerprint density at radius 3 is 2.96 bits per heavy atom. The second-order valence-corrected chi connectivity index (χ2v) is 6.45. The Labute approximate surface area is 161 Å². The largest absolute Gasteiger partial charge is 0.379 e. The molecule has 0 bridgehead atoms. The van der Waals surface area contributed by atoms with E-state index in [1.165, 1.54) is 0 Å². The number of rotatable bonds is 10. The number of guanidine groups is 1. The van der Waals surface area contributed by atoms with Crippen molar-refractivity contribution in [3.63, 3.8) is 0 Å². The number of aromatic nitrogens is 1. The molecular weight excluding hydrogens is 346 g/mol. The van der Waals surface area contributed by atoms with Gasteiger partial charge in [0.15, 0.2) is 5.96 Å². The first kappa shape index (κ1) is 21.1. The topological polar surface area (TPSA) is 96.9 Å². The molecule has 1 unspecified atom stereocenters. The highest BCUT2D eigenvalue weighted by atomic mass is 16.5. The molecule has 0 aliphatic carbocycles. The molecule has 0 radical (unpaired) electrons. The van der Waals surface area contributed by atoms with Crippen molar-refractivity contribution >= 4 is 17.7 Å². The summed E-state index contributed by atoms with van der Waals surface area (Å²) in [6.45, 7) is 5.36. The average Bonchev–Trinajstić information content (AvgIpc) is 3.16. The van der Waals surface area contributed by atoms with Gasteiger partial charge in [0.2, 0.25) is 5.91 Å². The summed E-state index contributed by atoms with van der Waals surface area (Å²) >= 11 is 0. The van der Waals surface area contributed by atoms with Gasteiger partial charge in [-0.15, -0.1) is 0 Å². The molecule has 0 spiro atoms. The number of anilines is 1. The fourth-order valence-electron chi connectivity index (χ4n) is 2.70. The molecule has 1 aliphatic rings. The minimum Gasteiger partial charge on any atom is -0.379 e. The van der Waals surface area contributed by atoms with Crippen molar-refractivity contribution in [2.75, 3.05) is 45.3 Å². The van der Waals surface area contributed by atoms with E-state index >= 15 is 0 Å². The number of carbonyl (C=O) groups is 1. The van der Waals surface area contributed by atoms with Crippen LogP contribution in [0.4, 0.5) is 5.82 Å². The third kappa shape index (κ3) is 8.83. The highest BCUT2D eigenvalue weighted by molar-refractivity contribution is 5.90. The predicted molar refractivity (Wildman–Crippen MR) is 106 cm³/mol. The van der Waals surface area contributed by atoms with E-state index in [0.29, 0.717) is 38.0 Å². The Kier molecular flexibility index (Phi) is 9.57. The number of carbonyl (C=O) groups excluding carboxylic acids is 1. The first-order valence-electron chi connectivity index (χ1n) is 9.55. The minimum absolute atomic E-state index is 0.0846. The standard InChI is InChI=1S/C19H31N5O3/c1-15-6-3-8-17(23-15)24-18(25)9-11-22-19(20-2)21-10-5-12-26-14-16-7-4-13-27-16/h3,6,8,16H,4-5,7,9-14H2,1-2H3,(H2,20,21,22)(H,23,24,25). The van der Waals surface area contributed by atoms with Crippen LogP contribution in [0.25, 0.3) is 0 Å². The second kappa shape index (κ2) is 12.2. The van der Waals surface area contributed by atoms with Crippen LogP contribution in [0.15, 0.2) is 23.2 Å². The van der Waals surface area contributed by atoms with Crippen molar-refractivity contribution in [3.8, 4) is 0 Å². The van der Waals surface area contributed by atoms with E-state index in [1.54, 1.807) is 13.1 Å². The summed E-state index contributed by atoms with van der Waals surface area (Å²) in [5, 5.41) is 9.13. The molecule has 150 valence electrons. The van der Waals surface area contributed by atoms with Gasteiger partial charge >= 0.3 is 0 Å². The summed E-state index contributed by atoms with van der Waals surface area (Å²) in [6.07, 6.45) is 3.72. The van der Waals surface area contributed by atoms with E-state index in [0.717, 1.165) is 38.1 Å². The fourth-order valence-corrected chi connectivity index (χ4v) is 2.70. The molecule has 1 fully saturated rings. The monoisotopic (exact) mass is 377 g/mol. The lowest BCUT2D eigenvalue weighted by Crippen LogP contribution is -2.39. The van der Waals surface area contributed by atoms with Gasteiger partial charge in [0.1, 0.15) is 5.82 Å². The van der Waals surface area contributed by atoms with Crippen molar-refractivity contribution in [2.45, 2.75) is 38.7 Å². The molecular formula is C19H31N5O3. The maximum absolute atomic E-state index is 12.0. The van der Waals surface area contributed by atoms with Crippen LogP contribution in [0.3, 0.4) is 0 Å². The summed E-state index contributed by atoms with van der Waals surface area (Å²) < 4.78 is 11.1. The van der Waals surface area contributed by atoms with Crippen LogP contribution in [0.1, 0.15) is 31.4 Å². The normalized spacial score (nSPS) is 17.0. The van der Waals surface area contributed by atoms with Gasteiger partial charge in [0.05, 0.1) is 12.7 Å². The molecule has 1 amide bonds. The summed E-state index contributed by atoms with van der Waals surface area (Å²) in [6, 6.07) is 5.53. The van der Waals surface area contributed by atoms with Gasteiger partial charge in [0, 0.05) is 45.5 Å². The molecule has 3 N–H and O–H groups in total.